The van der Waals surface area contributed by atoms with E-state index >= 15 is 0 Å². The molecule has 4 heteroatoms. The Bertz CT molecular complexity index is 748. The first-order valence-electron chi connectivity index (χ1n) is 5.94. The number of rotatable bonds is 3. The normalized spacial score (nSPS) is 10.8. The van der Waals surface area contributed by atoms with Crippen LogP contribution in [0.15, 0.2) is 59.2 Å². The number of carbonyl (C=O) groups excluding carboxylic acids is 1. The molecule has 0 fully saturated rings. The van der Waals surface area contributed by atoms with Crippen molar-refractivity contribution in [1.82, 2.24) is 9.78 Å². The minimum atomic E-state index is 0.0429. The van der Waals surface area contributed by atoms with Crippen LogP contribution in [0.1, 0.15) is 10.4 Å². The molecule has 94 valence electrons. The van der Waals surface area contributed by atoms with Gasteiger partial charge < -0.3 is 0 Å². The number of benzene rings is 2. The fraction of sp³-hybridized carbons (Fsp3) is 0.0667. The molecule has 0 N–H and O–H groups in total. The molecule has 0 aliphatic rings. The number of para-hydroxylation sites is 1. The molecule has 0 radical (unpaired) electrons. The van der Waals surface area contributed by atoms with Crippen LogP contribution in [0, 0.1) is 0 Å². The van der Waals surface area contributed by atoms with E-state index in [0.717, 1.165) is 15.4 Å². The summed E-state index contributed by atoms with van der Waals surface area (Å²) in [7, 11) is 0. The molecule has 1 heterocycles. The average Bonchev–Trinajstić information content (AvgIpc) is 2.83. The molecule has 0 saturated heterocycles. The second kappa shape index (κ2) is 4.97. The van der Waals surface area contributed by atoms with Gasteiger partial charge in [-0.1, -0.05) is 52.3 Å². The number of hydrogen-bond donors (Lipinski definition) is 0. The van der Waals surface area contributed by atoms with Crippen molar-refractivity contribution >= 4 is 32.6 Å². The molecule has 19 heavy (non-hydrogen) atoms. The number of fused-ring (bicyclic) bond motifs is 1. The van der Waals surface area contributed by atoms with Crippen LogP contribution in [0.3, 0.4) is 0 Å². The molecule has 2 aromatic carbocycles. The number of aromatic nitrogens is 2. The van der Waals surface area contributed by atoms with Gasteiger partial charge in [0.25, 0.3) is 0 Å². The molecule has 0 aliphatic heterocycles. The SMILES string of the molecule is O=C(Cn1ncc2ccccc21)c1ccccc1Br. The maximum atomic E-state index is 12.3. The summed E-state index contributed by atoms with van der Waals surface area (Å²) in [5.74, 6) is 0.0429. The van der Waals surface area contributed by atoms with Gasteiger partial charge in [0.2, 0.25) is 0 Å². The first-order chi connectivity index (χ1) is 9.25. The van der Waals surface area contributed by atoms with Crippen molar-refractivity contribution in [2.24, 2.45) is 0 Å². The molecule has 0 unspecified atom stereocenters. The lowest BCUT2D eigenvalue weighted by Crippen LogP contribution is -2.11. The van der Waals surface area contributed by atoms with Gasteiger partial charge >= 0.3 is 0 Å². The molecule has 0 aliphatic carbocycles. The first-order valence-corrected chi connectivity index (χ1v) is 6.73. The zero-order valence-corrected chi connectivity index (χ0v) is 11.7. The van der Waals surface area contributed by atoms with E-state index in [1.54, 1.807) is 10.9 Å². The Kier molecular flexibility index (Phi) is 3.17. The third-order valence-corrected chi connectivity index (χ3v) is 3.71. The predicted molar refractivity (Wildman–Crippen MR) is 78.2 cm³/mol. The van der Waals surface area contributed by atoms with Gasteiger partial charge in [-0.2, -0.15) is 5.10 Å². The second-order valence-corrected chi connectivity index (χ2v) is 5.12. The van der Waals surface area contributed by atoms with Crippen LogP contribution in [-0.4, -0.2) is 15.6 Å². The topological polar surface area (TPSA) is 34.9 Å². The summed E-state index contributed by atoms with van der Waals surface area (Å²) in [6.07, 6.45) is 1.78. The van der Waals surface area contributed by atoms with Crippen LogP contribution in [0.5, 0.6) is 0 Å². The van der Waals surface area contributed by atoms with Gasteiger partial charge in [0.05, 0.1) is 11.7 Å². The maximum Gasteiger partial charge on any atom is 0.185 e. The lowest BCUT2D eigenvalue weighted by Gasteiger charge is -2.05. The van der Waals surface area contributed by atoms with Gasteiger partial charge in [-0.05, 0) is 12.1 Å². The van der Waals surface area contributed by atoms with E-state index in [0.29, 0.717) is 5.56 Å². The molecule has 0 amide bonds. The quantitative estimate of drug-likeness (QED) is 0.691. The third kappa shape index (κ3) is 2.31. The maximum absolute atomic E-state index is 12.3. The molecule has 3 aromatic rings. The molecule has 0 atom stereocenters. The van der Waals surface area contributed by atoms with Crippen LogP contribution in [0.2, 0.25) is 0 Å². The monoisotopic (exact) mass is 314 g/mol. The number of Topliss-reactive ketones (excluding diaryl/α,β-unsaturated/α-hetero) is 1. The Morgan fingerprint density at radius 3 is 2.68 bits per heavy atom. The van der Waals surface area contributed by atoms with Crippen molar-refractivity contribution in [2.75, 3.05) is 0 Å². The third-order valence-electron chi connectivity index (χ3n) is 3.02. The van der Waals surface area contributed by atoms with Gasteiger partial charge in [0, 0.05) is 15.4 Å². The summed E-state index contributed by atoms with van der Waals surface area (Å²) in [6, 6.07) is 15.3. The zero-order valence-electron chi connectivity index (χ0n) is 10.1. The Morgan fingerprint density at radius 1 is 1.11 bits per heavy atom. The molecule has 3 nitrogen and oxygen atoms in total. The molecule has 0 saturated carbocycles. The Morgan fingerprint density at radius 2 is 1.84 bits per heavy atom. The summed E-state index contributed by atoms with van der Waals surface area (Å²) in [5.41, 5.74) is 1.66. The molecule has 0 bridgehead atoms. The summed E-state index contributed by atoms with van der Waals surface area (Å²) in [5, 5.41) is 5.31. The van der Waals surface area contributed by atoms with Gasteiger partial charge in [-0.15, -0.1) is 0 Å². The fourth-order valence-corrected chi connectivity index (χ4v) is 2.57. The number of halogens is 1. The number of nitrogens with zero attached hydrogens (tertiary/aromatic N) is 2. The van der Waals surface area contributed by atoms with Crippen LogP contribution in [-0.2, 0) is 6.54 Å². The lowest BCUT2D eigenvalue weighted by molar-refractivity contribution is 0.0968. The van der Waals surface area contributed by atoms with Crippen LogP contribution < -0.4 is 0 Å². The van der Waals surface area contributed by atoms with Crippen molar-refractivity contribution in [1.29, 1.82) is 0 Å². The highest BCUT2D eigenvalue weighted by Crippen LogP contribution is 2.18. The average molecular weight is 315 g/mol. The van der Waals surface area contributed by atoms with Crippen molar-refractivity contribution in [3.8, 4) is 0 Å². The smallest absolute Gasteiger partial charge is 0.185 e. The van der Waals surface area contributed by atoms with E-state index in [4.69, 9.17) is 0 Å². The summed E-state index contributed by atoms with van der Waals surface area (Å²) >= 11 is 3.40. The highest BCUT2D eigenvalue weighted by Gasteiger charge is 2.12. The van der Waals surface area contributed by atoms with E-state index in [2.05, 4.69) is 21.0 Å². The first kappa shape index (κ1) is 12.1. The van der Waals surface area contributed by atoms with E-state index in [9.17, 15) is 4.79 Å². The van der Waals surface area contributed by atoms with Crippen molar-refractivity contribution in [3.05, 3.63) is 64.8 Å². The Balaban J connectivity index is 1.94. The van der Waals surface area contributed by atoms with E-state index in [1.165, 1.54) is 0 Å². The van der Waals surface area contributed by atoms with Crippen LogP contribution in [0.4, 0.5) is 0 Å². The van der Waals surface area contributed by atoms with E-state index < -0.39 is 0 Å². The van der Waals surface area contributed by atoms with E-state index in [1.807, 2.05) is 48.5 Å². The molecule has 1 aromatic heterocycles. The highest BCUT2D eigenvalue weighted by molar-refractivity contribution is 9.10. The second-order valence-electron chi connectivity index (χ2n) is 4.26. The summed E-state index contributed by atoms with van der Waals surface area (Å²) in [6.45, 7) is 0.246. The minimum absolute atomic E-state index is 0.0429. The van der Waals surface area contributed by atoms with Crippen molar-refractivity contribution in [3.63, 3.8) is 0 Å². The lowest BCUT2D eigenvalue weighted by atomic mass is 10.1. The van der Waals surface area contributed by atoms with Crippen molar-refractivity contribution in [2.45, 2.75) is 6.54 Å². The zero-order chi connectivity index (χ0) is 13.2. The fourth-order valence-electron chi connectivity index (χ4n) is 2.06. The molecule has 0 spiro atoms. The summed E-state index contributed by atoms with van der Waals surface area (Å²) < 4.78 is 2.55. The standard InChI is InChI=1S/C15H11BrN2O/c16-13-7-3-2-6-12(13)15(19)10-18-14-8-4-1-5-11(14)9-17-18/h1-9H,10H2. The van der Waals surface area contributed by atoms with Gasteiger partial charge in [0.1, 0.15) is 6.54 Å². The molecule has 3 rings (SSSR count). The minimum Gasteiger partial charge on any atom is -0.292 e. The van der Waals surface area contributed by atoms with Gasteiger partial charge in [-0.25, -0.2) is 0 Å². The molecular formula is C15H11BrN2O. The summed E-state index contributed by atoms with van der Waals surface area (Å²) in [4.78, 5) is 12.3. The number of ketones is 1. The van der Waals surface area contributed by atoms with Gasteiger partial charge in [-0.3, -0.25) is 9.48 Å². The Labute approximate surface area is 119 Å². The largest absolute Gasteiger partial charge is 0.292 e. The highest BCUT2D eigenvalue weighted by atomic mass is 79.9. The van der Waals surface area contributed by atoms with Crippen molar-refractivity contribution < 1.29 is 4.79 Å². The van der Waals surface area contributed by atoms with Crippen LogP contribution in [0.25, 0.3) is 10.9 Å². The Hall–Kier alpha value is -1.94. The van der Waals surface area contributed by atoms with Crippen LogP contribution >= 0.6 is 15.9 Å². The number of hydrogen-bond acceptors (Lipinski definition) is 2. The van der Waals surface area contributed by atoms with E-state index in [-0.39, 0.29) is 12.3 Å². The number of carbonyl (C=O) groups is 1. The van der Waals surface area contributed by atoms with Gasteiger partial charge in [0.15, 0.2) is 5.78 Å². The predicted octanol–water partition coefficient (Wildman–Crippen LogP) is 3.68. The molecular weight excluding hydrogens is 304 g/mol.